The van der Waals surface area contributed by atoms with Crippen LogP contribution in [0.25, 0.3) is 0 Å². The Kier molecular flexibility index (Phi) is 5.47. The van der Waals surface area contributed by atoms with Crippen molar-refractivity contribution in [2.45, 2.75) is 32.8 Å². The third kappa shape index (κ3) is 3.61. The molecule has 4 nitrogen and oxygen atoms in total. The standard InChI is InChI=1S/C13H20BrN3OS/c1-4-15-13-10(14)11(8(2)3)16-12(17-13)9-7-19-6-5-18-9/h8-9H,4-7H2,1-3H3,(H,15,16,17). The molecule has 19 heavy (non-hydrogen) atoms. The summed E-state index contributed by atoms with van der Waals surface area (Å²) in [7, 11) is 0. The lowest BCUT2D eigenvalue weighted by Crippen LogP contribution is -2.20. The predicted molar refractivity (Wildman–Crippen MR) is 84.0 cm³/mol. The van der Waals surface area contributed by atoms with Crippen LogP contribution >= 0.6 is 27.7 Å². The highest BCUT2D eigenvalue weighted by Gasteiger charge is 2.23. The second kappa shape index (κ2) is 6.90. The molecule has 0 bridgehead atoms. The van der Waals surface area contributed by atoms with Crippen molar-refractivity contribution in [2.24, 2.45) is 0 Å². The summed E-state index contributed by atoms with van der Waals surface area (Å²) in [5.74, 6) is 4.02. The average Bonchev–Trinajstić information content (AvgIpc) is 2.42. The molecule has 1 aliphatic heterocycles. The van der Waals surface area contributed by atoms with E-state index in [0.29, 0.717) is 5.92 Å². The molecule has 0 radical (unpaired) electrons. The lowest BCUT2D eigenvalue weighted by atomic mass is 10.1. The van der Waals surface area contributed by atoms with Crippen LogP contribution in [0.3, 0.4) is 0 Å². The van der Waals surface area contributed by atoms with Gasteiger partial charge in [0.2, 0.25) is 0 Å². The van der Waals surface area contributed by atoms with Crippen LogP contribution in [0.5, 0.6) is 0 Å². The molecule has 1 N–H and O–H groups in total. The van der Waals surface area contributed by atoms with Crippen LogP contribution in [0.15, 0.2) is 4.47 Å². The minimum Gasteiger partial charge on any atom is -0.369 e. The van der Waals surface area contributed by atoms with E-state index in [1.807, 2.05) is 11.8 Å². The summed E-state index contributed by atoms with van der Waals surface area (Å²) in [6.45, 7) is 7.97. The van der Waals surface area contributed by atoms with E-state index in [2.05, 4.69) is 47.0 Å². The van der Waals surface area contributed by atoms with E-state index in [0.717, 1.165) is 46.5 Å². The SMILES string of the molecule is CCNc1nc(C2CSCCO2)nc(C(C)C)c1Br. The highest BCUT2D eigenvalue weighted by atomic mass is 79.9. The first-order chi connectivity index (χ1) is 9.13. The van der Waals surface area contributed by atoms with Crippen molar-refractivity contribution >= 4 is 33.5 Å². The maximum Gasteiger partial charge on any atom is 0.160 e. The van der Waals surface area contributed by atoms with Gasteiger partial charge in [0.05, 0.1) is 16.8 Å². The molecular formula is C13H20BrN3OS. The van der Waals surface area contributed by atoms with Crippen LogP contribution in [0.4, 0.5) is 5.82 Å². The van der Waals surface area contributed by atoms with Crippen LogP contribution < -0.4 is 5.32 Å². The Morgan fingerprint density at radius 3 is 2.84 bits per heavy atom. The minimum absolute atomic E-state index is 0.0155. The molecule has 0 saturated carbocycles. The van der Waals surface area contributed by atoms with E-state index >= 15 is 0 Å². The van der Waals surface area contributed by atoms with Crippen molar-refractivity contribution in [3.05, 3.63) is 16.0 Å². The number of hydrogen-bond donors (Lipinski definition) is 1. The van der Waals surface area contributed by atoms with Crippen LogP contribution in [0, 0.1) is 0 Å². The molecule has 1 aromatic rings. The smallest absolute Gasteiger partial charge is 0.160 e. The number of thioether (sulfide) groups is 1. The number of hydrogen-bond acceptors (Lipinski definition) is 5. The Morgan fingerprint density at radius 2 is 2.26 bits per heavy atom. The van der Waals surface area contributed by atoms with Gasteiger partial charge in [-0.3, -0.25) is 0 Å². The third-order valence-electron chi connectivity index (χ3n) is 2.89. The quantitative estimate of drug-likeness (QED) is 0.903. The highest BCUT2D eigenvalue weighted by Crippen LogP contribution is 2.32. The van der Waals surface area contributed by atoms with E-state index in [-0.39, 0.29) is 6.10 Å². The van der Waals surface area contributed by atoms with Crippen molar-refractivity contribution in [3.8, 4) is 0 Å². The maximum atomic E-state index is 5.78. The second-order valence-electron chi connectivity index (χ2n) is 4.75. The number of anilines is 1. The van der Waals surface area contributed by atoms with Crippen molar-refractivity contribution in [1.29, 1.82) is 0 Å². The number of aromatic nitrogens is 2. The molecule has 6 heteroatoms. The van der Waals surface area contributed by atoms with Crippen molar-refractivity contribution < 1.29 is 4.74 Å². The molecular weight excluding hydrogens is 326 g/mol. The van der Waals surface area contributed by atoms with Crippen LogP contribution in [-0.2, 0) is 4.74 Å². The molecule has 2 rings (SSSR count). The van der Waals surface area contributed by atoms with E-state index in [1.54, 1.807) is 0 Å². The van der Waals surface area contributed by atoms with Gasteiger partial charge in [0.1, 0.15) is 11.9 Å². The molecule has 1 unspecified atom stereocenters. The first kappa shape index (κ1) is 15.1. The highest BCUT2D eigenvalue weighted by molar-refractivity contribution is 9.10. The van der Waals surface area contributed by atoms with Gasteiger partial charge >= 0.3 is 0 Å². The molecule has 1 aromatic heterocycles. The Bertz CT molecular complexity index is 436. The first-order valence-corrected chi connectivity index (χ1v) is 8.58. The zero-order valence-electron chi connectivity index (χ0n) is 11.6. The molecule has 1 fully saturated rings. The topological polar surface area (TPSA) is 47.0 Å². The lowest BCUT2D eigenvalue weighted by molar-refractivity contribution is 0.0693. The van der Waals surface area contributed by atoms with Gasteiger partial charge in [0.15, 0.2) is 5.82 Å². The molecule has 0 amide bonds. The first-order valence-electron chi connectivity index (χ1n) is 6.64. The van der Waals surface area contributed by atoms with E-state index in [1.165, 1.54) is 0 Å². The normalized spacial score (nSPS) is 19.7. The van der Waals surface area contributed by atoms with Gasteiger partial charge in [0.25, 0.3) is 0 Å². The van der Waals surface area contributed by atoms with E-state index < -0.39 is 0 Å². The fraction of sp³-hybridized carbons (Fsp3) is 0.692. The van der Waals surface area contributed by atoms with Crippen molar-refractivity contribution in [2.75, 3.05) is 30.0 Å². The van der Waals surface area contributed by atoms with Crippen molar-refractivity contribution in [1.82, 2.24) is 9.97 Å². The number of rotatable bonds is 4. The molecule has 0 spiro atoms. The molecule has 0 aliphatic carbocycles. The molecule has 106 valence electrons. The summed E-state index contributed by atoms with van der Waals surface area (Å²) in [6.07, 6.45) is 0.0155. The lowest BCUT2D eigenvalue weighted by Gasteiger charge is -2.23. The number of halogens is 1. The Hall–Kier alpha value is -0.330. The average molecular weight is 346 g/mol. The van der Waals surface area contributed by atoms with Crippen molar-refractivity contribution in [3.63, 3.8) is 0 Å². The number of nitrogens with zero attached hydrogens (tertiary/aromatic N) is 2. The fourth-order valence-corrected chi connectivity index (χ4v) is 3.55. The van der Waals surface area contributed by atoms with E-state index in [9.17, 15) is 0 Å². The largest absolute Gasteiger partial charge is 0.369 e. The van der Waals surface area contributed by atoms with Crippen LogP contribution in [0.2, 0.25) is 0 Å². The second-order valence-corrected chi connectivity index (χ2v) is 6.69. The molecule has 0 aromatic carbocycles. The van der Waals surface area contributed by atoms with E-state index in [4.69, 9.17) is 9.72 Å². The third-order valence-corrected chi connectivity index (χ3v) is 4.66. The summed E-state index contributed by atoms with van der Waals surface area (Å²) < 4.78 is 6.75. The maximum absolute atomic E-state index is 5.78. The minimum atomic E-state index is 0.0155. The zero-order valence-corrected chi connectivity index (χ0v) is 14.0. The number of ether oxygens (including phenoxy) is 1. The summed E-state index contributed by atoms with van der Waals surface area (Å²) in [5.41, 5.74) is 1.04. The van der Waals surface area contributed by atoms with Crippen LogP contribution in [-0.4, -0.2) is 34.6 Å². The molecule has 2 heterocycles. The Labute approximate surface area is 127 Å². The Morgan fingerprint density at radius 1 is 1.47 bits per heavy atom. The monoisotopic (exact) mass is 345 g/mol. The fourth-order valence-electron chi connectivity index (χ4n) is 1.93. The zero-order chi connectivity index (χ0) is 13.8. The molecule has 1 saturated heterocycles. The van der Waals surface area contributed by atoms with Gasteiger partial charge in [-0.15, -0.1) is 0 Å². The number of nitrogens with one attached hydrogen (secondary N) is 1. The van der Waals surface area contributed by atoms with Crippen LogP contribution in [0.1, 0.15) is 44.3 Å². The molecule has 1 atom stereocenters. The van der Waals surface area contributed by atoms with Gasteiger partial charge < -0.3 is 10.1 Å². The van der Waals surface area contributed by atoms with Gasteiger partial charge in [-0.1, -0.05) is 13.8 Å². The van der Waals surface area contributed by atoms with Gasteiger partial charge in [-0.2, -0.15) is 11.8 Å². The summed E-state index contributed by atoms with van der Waals surface area (Å²) >= 11 is 5.51. The summed E-state index contributed by atoms with van der Waals surface area (Å²) in [5, 5.41) is 3.29. The van der Waals surface area contributed by atoms with Gasteiger partial charge in [-0.05, 0) is 28.8 Å². The molecule has 1 aliphatic rings. The van der Waals surface area contributed by atoms with Gasteiger partial charge in [0, 0.05) is 18.1 Å². The Balaban J connectivity index is 2.36. The van der Waals surface area contributed by atoms with Gasteiger partial charge in [-0.25, -0.2) is 9.97 Å². The predicted octanol–water partition coefficient (Wildman–Crippen LogP) is 3.60. The summed E-state index contributed by atoms with van der Waals surface area (Å²) in [6, 6.07) is 0. The summed E-state index contributed by atoms with van der Waals surface area (Å²) in [4.78, 5) is 9.32.